The molecule has 2 fully saturated rings. The highest BCUT2D eigenvalue weighted by molar-refractivity contribution is 5.99. The van der Waals surface area contributed by atoms with Crippen molar-refractivity contribution in [2.45, 2.75) is 57.4 Å². The second-order valence-electron chi connectivity index (χ2n) is 5.34. The van der Waals surface area contributed by atoms with Crippen LogP contribution in [-0.4, -0.2) is 22.3 Å². The van der Waals surface area contributed by atoms with Crippen molar-refractivity contribution in [3.63, 3.8) is 0 Å². The van der Waals surface area contributed by atoms with E-state index in [-0.39, 0.29) is 17.7 Å². The summed E-state index contributed by atoms with van der Waals surface area (Å²) in [4.78, 5) is 25.3. The predicted molar refractivity (Wildman–Crippen MR) is 61.7 cm³/mol. The molecule has 0 aromatic carbocycles. The fourth-order valence-electron chi connectivity index (χ4n) is 2.99. The van der Waals surface area contributed by atoms with Crippen LogP contribution < -0.4 is 0 Å². The van der Waals surface area contributed by atoms with Crippen LogP contribution in [-0.2, 0) is 9.59 Å². The first-order chi connectivity index (χ1) is 8.09. The Morgan fingerprint density at radius 2 is 1.71 bits per heavy atom. The van der Waals surface area contributed by atoms with Crippen molar-refractivity contribution in [2.24, 2.45) is 5.92 Å². The third-order valence-electron chi connectivity index (χ3n) is 3.86. The Labute approximate surface area is 102 Å². The lowest BCUT2D eigenvalue weighted by Crippen LogP contribution is -2.57. The van der Waals surface area contributed by atoms with Gasteiger partial charge in [0.05, 0.1) is 6.07 Å². The van der Waals surface area contributed by atoms with Crippen LogP contribution in [0.15, 0.2) is 0 Å². The molecule has 0 bridgehead atoms. The molecule has 2 aliphatic rings. The number of nitrogens with zero attached hydrogens (tertiary/aromatic N) is 2. The highest BCUT2D eigenvalue weighted by Gasteiger charge is 2.46. The van der Waals surface area contributed by atoms with Crippen LogP contribution >= 0.6 is 0 Å². The lowest BCUT2D eigenvalue weighted by molar-refractivity contribution is -0.156. The molecule has 1 aliphatic carbocycles. The zero-order valence-electron chi connectivity index (χ0n) is 10.2. The maximum absolute atomic E-state index is 12.0. The number of hydrogen-bond acceptors (Lipinski definition) is 3. The van der Waals surface area contributed by atoms with Crippen molar-refractivity contribution in [3.8, 4) is 6.07 Å². The number of piperidine rings is 1. The SMILES string of the molecule is CC1CC(=O)N(C2(C#N)CCCCC2)C(=O)C1. The molecule has 1 saturated carbocycles. The summed E-state index contributed by atoms with van der Waals surface area (Å²) in [6.45, 7) is 1.91. The summed E-state index contributed by atoms with van der Waals surface area (Å²) in [5, 5.41) is 9.40. The van der Waals surface area contributed by atoms with Gasteiger partial charge in [-0.05, 0) is 18.8 Å². The summed E-state index contributed by atoms with van der Waals surface area (Å²) in [5.74, 6) is -0.194. The zero-order valence-corrected chi connectivity index (χ0v) is 10.2. The van der Waals surface area contributed by atoms with Crippen LogP contribution in [0.25, 0.3) is 0 Å². The monoisotopic (exact) mass is 234 g/mol. The molecule has 1 heterocycles. The molecule has 92 valence electrons. The van der Waals surface area contributed by atoms with E-state index in [1.54, 1.807) is 0 Å². The molecule has 0 atom stereocenters. The Balaban J connectivity index is 2.27. The smallest absolute Gasteiger partial charge is 0.230 e. The van der Waals surface area contributed by atoms with Gasteiger partial charge in [-0.25, -0.2) is 0 Å². The number of carbonyl (C=O) groups is 2. The van der Waals surface area contributed by atoms with E-state index in [2.05, 4.69) is 6.07 Å². The van der Waals surface area contributed by atoms with Crippen molar-refractivity contribution < 1.29 is 9.59 Å². The fourth-order valence-corrected chi connectivity index (χ4v) is 2.99. The predicted octanol–water partition coefficient (Wildman–Crippen LogP) is 2.00. The van der Waals surface area contributed by atoms with Crippen molar-refractivity contribution in [1.29, 1.82) is 5.26 Å². The molecule has 0 aromatic rings. The lowest BCUT2D eigenvalue weighted by Gasteiger charge is -2.42. The number of amides is 2. The molecule has 17 heavy (non-hydrogen) atoms. The highest BCUT2D eigenvalue weighted by Crippen LogP contribution is 2.36. The van der Waals surface area contributed by atoms with Crippen LogP contribution in [0.2, 0.25) is 0 Å². The number of carbonyl (C=O) groups excluding carboxylic acids is 2. The first-order valence-electron chi connectivity index (χ1n) is 6.36. The van der Waals surface area contributed by atoms with Crippen LogP contribution in [0.4, 0.5) is 0 Å². The molecule has 4 nitrogen and oxygen atoms in total. The topological polar surface area (TPSA) is 61.2 Å². The highest BCUT2D eigenvalue weighted by atomic mass is 16.2. The second kappa shape index (κ2) is 4.48. The van der Waals surface area contributed by atoms with Gasteiger partial charge in [-0.3, -0.25) is 14.5 Å². The van der Waals surface area contributed by atoms with Gasteiger partial charge in [0, 0.05) is 12.8 Å². The summed E-state index contributed by atoms with van der Waals surface area (Å²) in [6, 6.07) is 2.25. The molecule has 0 spiro atoms. The van der Waals surface area contributed by atoms with Crippen LogP contribution in [0.1, 0.15) is 51.9 Å². The Kier molecular flexibility index (Phi) is 3.19. The van der Waals surface area contributed by atoms with Gasteiger partial charge >= 0.3 is 0 Å². The van der Waals surface area contributed by atoms with Gasteiger partial charge in [0.2, 0.25) is 11.8 Å². The molecule has 0 N–H and O–H groups in total. The van der Waals surface area contributed by atoms with E-state index in [1.807, 2.05) is 6.92 Å². The average Bonchev–Trinajstić information content (AvgIpc) is 2.28. The lowest BCUT2D eigenvalue weighted by atomic mass is 9.79. The van der Waals surface area contributed by atoms with Gasteiger partial charge in [-0.15, -0.1) is 0 Å². The minimum absolute atomic E-state index is 0.116. The maximum Gasteiger partial charge on any atom is 0.230 e. The second-order valence-corrected chi connectivity index (χ2v) is 5.34. The van der Waals surface area contributed by atoms with Crippen molar-refractivity contribution in [3.05, 3.63) is 0 Å². The zero-order chi connectivity index (χ0) is 12.5. The Hall–Kier alpha value is -1.37. The summed E-state index contributed by atoms with van der Waals surface area (Å²) >= 11 is 0. The van der Waals surface area contributed by atoms with E-state index < -0.39 is 5.54 Å². The van der Waals surface area contributed by atoms with Crippen LogP contribution in [0.3, 0.4) is 0 Å². The van der Waals surface area contributed by atoms with Gasteiger partial charge < -0.3 is 0 Å². The quantitative estimate of drug-likeness (QED) is 0.652. The Morgan fingerprint density at radius 3 is 2.18 bits per heavy atom. The molecule has 1 aliphatic heterocycles. The van der Waals surface area contributed by atoms with E-state index in [1.165, 1.54) is 4.90 Å². The Morgan fingerprint density at radius 1 is 1.18 bits per heavy atom. The van der Waals surface area contributed by atoms with Gasteiger partial charge in [0.15, 0.2) is 0 Å². The number of hydrogen-bond donors (Lipinski definition) is 0. The normalized spacial score (nSPS) is 25.8. The molecule has 2 rings (SSSR count). The van der Waals surface area contributed by atoms with E-state index in [9.17, 15) is 14.9 Å². The van der Waals surface area contributed by atoms with E-state index in [4.69, 9.17) is 0 Å². The minimum Gasteiger partial charge on any atom is -0.274 e. The van der Waals surface area contributed by atoms with Crippen molar-refractivity contribution in [1.82, 2.24) is 4.90 Å². The molecule has 0 unspecified atom stereocenters. The summed E-state index contributed by atoms with van der Waals surface area (Å²) < 4.78 is 0. The van der Waals surface area contributed by atoms with Crippen molar-refractivity contribution in [2.75, 3.05) is 0 Å². The molecule has 2 amide bonds. The molecule has 1 saturated heterocycles. The number of imide groups is 1. The van der Waals surface area contributed by atoms with Crippen LogP contribution in [0.5, 0.6) is 0 Å². The average molecular weight is 234 g/mol. The van der Waals surface area contributed by atoms with Gasteiger partial charge in [-0.2, -0.15) is 5.26 Å². The minimum atomic E-state index is -0.841. The number of nitriles is 1. The molecule has 4 heteroatoms. The third kappa shape index (κ3) is 2.06. The van der Waals surface area contributed by atoms with E-state index >= 15 is 0 Å². The largest absolute Gasteiger partial charge is 0.274 e. The third-order valence-corrected chi connectivity index (χ3v) is 3.86. The van der Waals surface area contributed by atoms with E-state index in [0.717, 1.165) is 19.3 Å². The molecular formula is C13H18N2O2. The summed E-state index contributed by atoms with van der Waals surface area (Å²) in [5.41, 5.74) is -0.841. The van der Waals surface area contributed by atoms with Gasteiger partial charge in [-0.1, -0.05) is 26.2 Å². The number of rotatable bonds is 1. The summed E-state index contributed by atoms with van der Waals surface area (Å²) in [6.07, 6.45) is 5.05. The standard InChI is InChI=1S/C13H18N2O2/c1-10-7-11(16)15(12(17)8-10)13(9-14)5-3-2-4-6-13/h10H,2-8H2,1H3. The van der Waals surface area contributed by atoms with Gasteiger partial charge in [0.1, 0.15) is 5.54 Å². The molecular weight excluding hydrogens is 216 g/mol. The maximum atomic E-state index is 12.0. The first-order valence-corrected chi connectivity index (χ1v) is 6.36. The Bertz CT molecular complexity index is 359. The first kappa shape index (κ1) is 12.1. The fraction of sp³-hybridized carbons (Fsp3) is 0.769. The number of likely N-dealkylation sites (tertiary alicyclic amines) is 1. The summed E-state index contributed by atoms with van der Waals surface area (Å²) in [7, 11) is 0. The molecule has 0 aromatic heterocycles. The van der Waals surface area contributed by atoms with Crippen LogP contribution in [0, 0.1) is 17.2 Å². The molecule has 0 radical (unpaired) electrons. The van der Waals surface area contributed by atoms with Crippen molar-refractivity contribution >= 4 is 11.8 Å². The van der Waals surface area contributed by atoms with E-state index in [0.29, 0.717) is 25.7 Å². The van der Waals surface area contributed by atoms with Gasteiger partial charge in [0.25, 0.3) is 0 Å².